The Morgan fingerprint density at radius 3 is 2.57 bits per heavy atom. The van der Waals surface area contributed by atoms with Gasteiger partial charge < -0.3 is 9.84 Å². The van der Waals surface area contributed by atoms with E-state index in [9.17, 15) is 13.2 Å². The van der Waals surface area contributed by atoms with Gasteiger partial charge >= 0.3 is 5.97 Å². The second-order valence-corrected chi connectivity index (χ2v) is 6.53. The molecule has 1 atom stereocenters. The van der Waals surface area contributed by atoms with Crippen molar-refractivity contribution in [1.82, 2.24) is 4.72 Å². The Morgan fingerprint density at radius 2 is 2.00 bits per heavy atom. The average molecular weight is 315 g/mol. The smallest absolute Gasteiger partial charge is 0.321 e. The third-order valence-electron chi connectivity index (χ3n) is 2.81. The first-order valence-corrected chi connectivity index (χ1v) is 8.44. The van der Waals surface area contributed by atoms with Crippen molar-refractivity contribution in [3.8, 4) is 0 Å². The summed E-state index contributed by atoms with van der Waals surface area (Å²) >= 11 is 0. The van der Waals surface area contributed by atoms with E-state index in [1.807, 2.05) is 30.3 Å². The van der Waals surface area contributed by atoms with Crippen LogP contribution in [0, 0.1) is 0 Å². The minimum atomic E-state index is -3.66. The number of carboxylic acids is 1. The minimum Gasteiger partial charge on any atom is -0.480 e. The van der Waals surface area contributed by atoms with E-state index in [4.69, 9.17) is 9.84 Å². The fraction of sp³-hybridized carbons (Fsp3) is 0.500. The normalized spacial score (nSPS) is 13.0. The first kappa shape index (κ1) is 17.6. The number of hydrogen-bond acceptors (Lipinski definition) is 4. The summed E-state index contributed by atoms with van der Waals surface area (Å²) in [6, 6.07) is 8.33. The zero-order chi connectivity index (χ0) is 15.7. The number of sulfonamides is 1. The summed E-state index contributed by atoms with van der Waals surface area (Å²) in [6.07, 6.45) is 0.851. The van der Waals surface area contributed by atoms with E-state index in [-0.39, 0.29) is 18.8 Å². The van der Waals surface area contributed by atoms with E-state index >= 15 is 0 Å². The van der Waals surface area contributed by atoms with Crippen LogP contribution < -0.4 is 4.72 Å². The molecule has 1 aromatic rings. The van der Waals surface area contributed by atoms with E-state index < -0.39 is 22.0 Å². The summed E-state index contributed by atoms with van der Waals surface area (Å²) in [5, 5.41) is 8.93. The highest BCUT2D eigenvalue weighted by molar-refractivity contribution is 7.89. The van der Waals surface area contributed by atoms with Crippen LogP contribution in [0.3, 0.4) is 0 Å². The average Bonchev–Trinajstić information content (AvgIpc) is 2.44. The van der Waals surface area contributed by atoms with E-state index in [2.05, 4.69) is 4.72 Å². The van der Waals surface area contributed by atoms with Crippen molar-refractivity contribution in [2.45, 2.75) is 32.4 Å². The van der Waals surface area contributed by atoms with Gasteiger partial charge in [-0.3, -0.25) is 4.79 Å². The fourth-order valence-corrected chi connectivity index (χ4v) is 2.84. The standard InChI is InChI=1S/C14H21NO5S/c1-2-6-13(14(16)17)15-21(18,19)10-9-20-11-12-7-4-3-5-8-12/h3-5,7-8,13,15H,2,6,9-11H2,1H3,(H,16,17). The van der Waals surface area contributed by atoms with Crippen molar-refractivity contribution < 1.29 is 23.1 Å². The zero-order valence-corrected chi connectivity index (χ0v) is 12.8. The van der Waals surface area contributed by atoms with Crippen LogP contribution in [0.2, 0.25) is 0 Å². The highest BCUT2D eigenvalue weighted by Gasteiger charge is 2.22. The summed E-state index contributed by atoms with van der Waals surface area (Å²) in [7, 11) is -3.66. The maximum atomic E-state index is 11.8. The van der Waals surface area contributed by atoms with Crippen molar-refractivity contribution in [2.75, 3.05) is 12.4 Å². The van der Waals surface area contributed by atoms with E-state index in [0.29, 0.717) is 13.0 Å². The van der Waals surface area contributed by atoms with Crippen LogP contribution in [0.1, 0.15) is 25.3 Å². The van der Waals surface area contributed by atoms with Gasteiger partial charge in [0.2, 0.25) is 10.0 Å². The second kappa shape index (κ2) is 8.76. The van der Waals surface area contributed by atoms with Gasteiger partial charge in [-0.1, -0.05) is 43.7 Å². The Bertz CT molecular complexity index is 530. The summed E-state index contributed by atoms with van der Waals surface area (Å²) in [5.41, 5.74) is 0.956. The largest absolute Gasteiger partial charge is 0.480 e. The Kier molecular flexibility index (Phi) is 7.35. The van der Waals surface area contributed by atoms with Crippen molar-refractivity contribution in [1.29, 1.82) is 0 Å². The SMILES string of the molecule is CCCC(NS(=O)(=O)CCOCc1ccccc1)C(=O)O. The topological polar surface area (TPSA) is 92.7 Å². The van der Waals surface area contributed by atoms with Crippen LogP contribution >= 0.6 is 0 Å². The number of nitrogens with one attached hydrogen (secondary N) is 1. The van der Waals surface area contributed by atoms with Gasteiger partial charge in [-0.05, 0) is 12.0 Å². The molecule has 6 nitrogen and oxygen atoms in total. The van der Waals surface area contributed by atoms with Gasteiger partial charge in [-0.25, -0.2) is 13.1 Å². The Balaban J connectivity index is 2.37. The quantitative estimate of drug-likeness (QED) is 0.636. The number of ether oxygens (including phenoxy) is 1. The molecule has 1 aromatic carbocycles. The molecule has 0 spiro atoms. The predicted molar refractivity (Wildman–Crippen MR) is 79.4 cm³/mol. The highest BCUT2D eigenvalue weighted by Crippen LogP contribution is 2.02. The molecule has 7 heteroatoms. The highest BCUT2D eigenvalue weighted by atomic mass is 32.2. The summed E-state index contributed by atoms with van der Waals surface area (Å²) in [5.74, 6) is -1.42. The zero-order valence-electron chi connectivity index (χ0n) is 12.0. The van der Waals surface area contributed by atoms with Crippen molar-refractivity contribution in [3.63, 3.8) is 0 Å². The van der Waals surface area contributed by atoms with Crippen LogP contribution in [0.4, 0.5) is 0 Å². The maximum Gasteiger partial charge on any atom is 0.321 e. The summed E-state index contributed by atoms with van der Waals surface area (Å²) in [6.45, 7) is 2.14. The van der Waals surface area contributed by atoms with E-state index in [1.54, 1.807) is 6.92 Å². The van der Waals surface area contributed by atoms with E-state index in [0.717, 1.165) is 5.56 Å². The first-order chi connectivity index (χ1) is 9.94. The first-order valence-electron chi connectivity index (χ1n) is 6.79. The van der Waals surface area contributed by atoms with Gasteiger partial charge in [0.05, 0.1) is 19.0 Å². The molecule has 0 heterocycles. The molecular weight excluding hydrogens is 294 g/mol. The van der Waals surface area contributed by atoms with Crippen molar-refractivity contribution >= 4 is 16.0 Å². The molecule has 0 aliphatic heterocycles. The molecular formula is C14H21NO5S. The molecule has 0 amide bonds. The molecule has 0 aliphatic rings. The van der Waals surface area contributed by atoms with Gasteiger partial charge in [0.25, 0.3) is 0 Å². The molecule has 2 N–H and O–H groups in total. The lowest BCUT2D eigenvalue weighted by molar-refractivity contribution is -0.139. The van der Waals surface area contributed by atoms with Gasteiger partial charge in [-0.2, -0.15) is 0 Å². The molecule has 118 valence electrons. The van der Waals surface area contributed by atoms with Gasteiger partial charge in [0, 0.05) is 0 Å². The molecule has 1 rings (SSSR count). The number of aliphatic carboxylic acids is 1. The molecule has 0 aliphatic carbocycles. The molecule has 0 saturated heterocycles. The van der Waals surface area contributed by atoms with Crippen LogP contribution in [-0.2, 0) is 26.2 Å². The summed E-state index contributed by atoms with van der Waals surface area (Å²) in [4.78, 5) is 10.9. The maximum absolute atomic E-state index is 11.8. The van der Waals surface area contributed by atoms with Gasteiger partial charge in [0.15, 0.2) is 0 Å². The number of hydrogen-bond donors (Lipinski definition) is 2. The molecule has 21 heavy (non-hydrogen) atoms. The van der Waals surface area contributed by atoms with E-state index in [1.165, 1.54) is 0 Å². The van der Waals surface area contributed by atoms with Crippen LogP contribution in [0.15, 0.2) is 30.3 Å². The van der Waals surface area contributed by atoms with Gasteiger partial charge in [-0.15, -0.1) is 0 Å². The number of benzene rings is 1. The van der Waals surface area contributed by atoms with Crippen molar-refractivity contribution in [2.24, 2.45) is 0 Å². The molecule has 0 saturated carbocycles. The molecule has 0 aromatic heterocycles. The Hall–Kier alpha value is -1.44. The van der Waals surface area contributed by atoms with Crippen LogP contribution in [-0.4, -0.2) is 37.9 Å². The van der Waals surface area contributed by atoms with Crippen LogP contribution in [0.5, 0.6) is 0 Å². The molecule has 1 unspecified atom stereocenters. The number of carboxylic acid groups (broad SMARTS) is 1. The summed E-state index contributed by atoms with van der Waals surface area (Å²) < 4.78 is 31.0. The van der Waals surface area contributed by atoms with Crippen molar-refractivity contribution in [3.05, 3.63) is 35.9 Å². The third-order valence-corrected chi connectivity index (χ3v) is 4.15. The number of carbonyl (C=O) groups is 1. The molecule has 0 fully saturated rings. The predicted octanol–water partition coefficient (Wildman–Crippen LogP) is 1.38. The lowest BCUT2D eigenvalue weighted by atomic mass is 10.2. The monoisotopic (exact) mass is 315 g/mol. The second-order valence-electron chi connectivity index (χ2n) is 4.65. The molecule has 0 radical (unpaired) electrons. The van der Waals surface area contributed by atoms with Crippen LogP contribution in [0.25, 0.3) is 0 Å². The number of rotatable bonds is 10. The molecule has 0 bridgehead atoms. The lowest BCUT2D eigenvalue weighted by Crippen LogP contribution is -2.42. The third kappa shape index (κ3) is 7.22. The fourth-order valence-electron chi connectivity index (χ4n) is 1.73. The Labute approximate surface area is 125 Å². The Morgan fingerprint density at radius 1 is 1.33 bits per heavy atom. The van der Waals surface area contributed by atoms with Gasteiger partial charge in [0.1, 0.15) is 6.04 Å². The lowest BCUT2D eigenvalue weighted by Gasteiger charge is -2.13. The minimum absolute atomic E-state index is 0.0166.